The smallest absolute Gasteiger partial charge is 0.226 e. The van der Waals surface area contributed by atoms with Gasteiger partial charge in [0, 0.05) is 31.8 Å². The highest BCUT2D eigenvalue weighted by Gasteiger charge is 2.11. The Kier molecular flexibility index (Phi) is 6.32. The van der Waals surface area contributed by atoms with Gasteiger partial charge in [-0.2, -0.15) is 0 Å². The Morgan fingerprint density at radius 2 is 1.93 bits per heavy atom. The SMILES string of the molecule is CN=C(NCc1coc(-c2ccc(C)cc2)n1)N(C)Cc1ccccc1OC. The van der Waals surface area contributed by atoms with Gasteiger partial charge < -0.3 is 19.4 Å². The Bertz CT molecular complexity index is 932. The number of nitrogens with one attached hydrogen (secondary N) is 1. The molecule has 0 spiro atoms. The standard InChI is InChI=1S/C22H26N4O2/c1-16-9-11-17(12-10-16)21-25-19(15-28-21)13-24-22(23-2)26(3)14-18-7-5-6-8-20(18)27-4/h5-12,15H,13-14H2,1-4H3,(H,23,24). The summed E-state index contributed by atoms with van der Waals surface area (Å²) in [7, 11) is 5.44. The number of aliphatic imine (C=N–C) groups is 1. The van der Waals surface area contributed by atoms with E-state index >= 15 is 0 Å². The lowest BCUT2D eigenvalue weighted by Crippen LogP contribution is -2.38. The zero-order valence-electron chi connectivity index (χ0n) is 16.8. The number of ether oxygens (including phenoxy) is 1. The number of benzene rings is 2. The number of hydrogen-bond acceptors (Lipinski definition) is 4. The largest absolute Gasteiger partial charge is 0.496 e. The van der Waals surface area contributed by atoms with E-state index in [1.165, 1.54) is 5.56 Å². The van der Waals surface area contributed by atoms with E-state index in [-0.39, 0.29) is 0 Å². The van der Waals surface area contributed by atoms with Crippen LogP contribution in [0.3, 0.4) is 0 Å². The van der Waals surface area contributed by atoms with Crippen LogP contribution in [0.25, 0.3) is 11.5 Å². The van der Waals surface area contributed by atoms with Crippen LogP contribution in [0.1, 0.15) is 16.8 Å². The van der Waals surface area contributed by atoms with Crippen molar-refractivity contribution in [2.24, 2.45) is 4.99 Å². The molecule has 0 atom stereocenters. The minimum Gasteiger partial charge on any atom is -0.496 e. The van der Waals surface area contributed by atoms with Crippen LogP contribution in [-0.2, 0) is 13.1 Å². The van der Waals surface area contributed by atoms with E-state index in [0.717, 1.165) is 28.5 Å². The van der Waals surface area contributed by atoms with Crippen LogP contribution in [0, 0.1) is 6.92 Å². The Labute approximate surface area is 165 Å². The van der Waals surface area contributed by atoms with E-state index in [1.54, 1.807) is 20.4 Å². The van der Waals surface area contributed by atoms with Crippen LogP contribution in [0.4, 0.5) is 0 Å². The molecule has 2 aromatic carbocycles. The van der Waals surface area contributed by atoms with Crippen LogP contribution in [0.2, 0.25) is 0 Å². The zero-order valence-corrected chi connectivity index (χ0v) is 16.8. The summed E-state index contributed by atoms with van der Waals surface area (Å²) in [5.74, 6) is 2.25. The highest BCUT2D eigenvalue weighted by Crippen LogP contribution is 2.20. The van der Waals surface area contributed by atoms with Gasteiger partial charge in [-0.1, -0.05) is 35.9 Å². The van der Waals surface area contributed by atoms with Crippen molar-refractivity contribution in [3.8, 4) is 17.2 Å². The lowest BCUT2D eigenvalue weighted by Gasteiger charge is -2.22. The van der Waals surface area contributed by atoms with E-state index in [0.29, 0.717) is 19.0 Å². The second kappa shape index (κ2) is 9.08. The number of guanidine groups is 1. The summed E-state index contributed by atoms with van der Waals surface area (Å²) in [6, 6.07) is 16.1. The van der Waals surface area contributed by atoms with E-state index in [2.05, 4.69) is 22.2 Å². The van der Waals surface area contributed by atoms with Gasteiger partial charge in [0.15, 0.2) is 5.96 Å². The van der Waals surface area contributed by atoms with Crippen molar-refractivity contribution >= 4 is 5.96 Å². The summed E-state index contributed by atoms with van der Waals surface area (Å²) in [5, 5.41) is 3.33. The van der Waals surface area contributed by atoms with Gasteiger partial charge in [-0.05, 0) is 25.1 Å². The number of rotatable bonds is 6. The van der Waals surface area contributed by atoms with Gasteiger partial charge in [0.1, 0.15) is 12.0 Å². The lowest BCUT2D eigenvalue weighted by molar-refractivity contribution is 0.396. The maximum absolute atomic E-state index is 5.62. The maximum atomic E-state index is 5.62. The molecule has 1 N–H and O–H groups in total. The molecule has 3 rings (SSSR count). The highest BCUT2D eigenvalue weighted by molar-refractivity contribution is 5.79. The van der Waals surface area contributed by atoms with Crippen LogP contribution in [0.5, 0.6) is 5.75 Å². The monoisotopic (exact) mass is 378 g/mol. The summed E-state index contributed by atoms with van der Waals surface area (Å²) < 4.78 is 11.1. The Morgan fingerprint density at radius 1 is 1.18 bits per heavy atom. The topological polar surface area (TPSA) is 62.9 Å². The first kappa shape index (κ1) is 19.5. The van der Waals surface area contributed by atoms with Crippen molar-refractivity contribution in [2.45, 2.75) is 20.0 Å². The molecule has 0 bridgehead atoms. The summed E-state index contributed by atoms with van der Waals surface area (Å²) in [4.78, 5) is 11.0. The Morgan fingerprint density at radius 3 is 2.64 bits per heavy atom. The third kappa shape index (κ3) is 4.71. The molecule has 0 unspecified atom stereocenters. The molecule has 0 saturated carbocycles. The van der Waals surface area contributed by atoms with Gasteiger partial charge in [0.2, 0.25) is 5.89 Å². The number of aromatic nitrogens is 1. The molecule has 0 fully saturated rings. The number of methoxy groups -OCH3 is 1. The molecule has 146 valence electrons. The summed E-state index contributed by atoms with van der Waals surface area (Å²) in [5.41, 5.74) is 4.09. The van der Waals surface area contributed by atoms with Gasteiger partial charge in [-0.25, -0.2) is 4.98 Å². The quantitative estimate of drug-likeness (QED) is 0.521. The van der Waals surface area contributed by atoms with Crippen LogP contribution >= 0.6 is 0 Å². The van der Waals surface area contributed by atoms with E-state index in [9.17, 15) is 0 Å². The number of para-hydroxylation sites is 1. The van der Waals surface area contributed by atoms with Gasteiger partial charge in [-0.3, -0.25) is 4.99 Å². The molecule has 0 amide bonds. The molecule has 0 saturated heterocycles. The van der Waals surface area contributed by atoms with Gasteiger partial charge >= 0.3 is 0 Å². The normalized spacial score (nSPS) is 11.4. The summed E-state index contributed by atoms with van der Waals surface area (Å²) in [6.07, 6.45) is 1.68. The first-order valence-electron chi connectivity index (χ1n) is 9.16. The number of hydrogen-bond donors (Lipinski definition) is 1. The fraction of sp³-hybridized carbons (Fsp3) is 0.273. The predicted molar refractivity (Wildman–Crippen MR) is 111 cm³/mol. The van der Waals surface area contributed by atoms with E-state index in [1.807, 2.05) is 60.5 Å². The molecule has 6 nitrogen and oxygen atoms in total. The molecule has 0 aliphatic rings. The first-order valence-corrected chi connectivity index (χ1v) is 9.16. The number of aryl methyl sites for hydroxylation is 1. The van der Waals surface area contributed by atoms with E-state index in [4.69, 9.17) is 9.15 Å². The highest BCUT2D eigenvalue weighted by atomic mass is 16.5. The van der Waals surface area contributed by atoms with Gasteiger partial charge in [-0.15, -0.1) is 0 Å². The van der Waals surface area contributed by atoms with Crippen molar-refractivity contribution in [1.82, 2.24) is 15.2 Å². The second-order valence-corrected chi connectivity index (χ2v) is 6.58. The molecule has 0 aliphatic heterocycles. The van der Waals surface area contributed by atoms with E-state index < -0.39 is 0 Å². The fourth-order valence-electron chi connectivity index (χ4n) is 2.94. The Hall–Kier alpha value is -3.28. The van der Waals surface area contributed by atoms with Crippen molar-refractivity contribution in [3.05, 3.63) is 71.6 Å². The summed E-state index contributed by atoms with van der Waals surface area (Å²) in [6.45, 7) is 3.26. The van der Waals surface area contributed by atoms with Crippen molar-refractivity contribution in [3.63, 3.8) is 0 Å². The predicted octanol–water partition coefficient (Wildman–Crippen LogP) is 3.87. The van der Waals surface area contributed by atoms with Crippen LogP contribution < -0.4 is 10.1 Å². The second-order valence-electron chi connectivity index (χ2n) is 6.58. The molecule has 6 heteroatoms. The third-order valence-electron chi connectivity index (χ3n) is 4.45. The maximum Gasteiger partial charge on any atom is 0.226 e. The number of oxazole rings is 1. The molecule has 1 heterocycles. The van der Waals surface area contributed by atoms with Gasteiger partial charge in [0.05, 0.1) is 19.3 Å². The molecular weight excluding hydrogens is 352 g/mol. The van der Waals surface area contributed by atoms with Crippen molar-refractivity contribution < 1.29 is 9.15 Å². The minimum absolute atomic E-state index is 0.526. The molecular formula is C22H26N4O2. The lowest BCUT2D eigenvalue weighted by atomic mass is 10.1. The minimum atomic E-state index is 0.526. The van der Waals surface area contributed by atoms with Crippen LogP contribution in [0.15, 0.2) is 64.2 Å². The first-order chi connectivity index (χ1) is 13.6. The van der Waals surface area contributed by atoms with Crippen molar-refractivity contribution in [1.29, 1.82) is 0 Å². The third-order valence-corrected chi connectivity index (χ3v) is 4.45. The summed E-state index contributed by atoms with van der Waals surface area (Å²) >= 11 is 0. The fourth-order valence-corrected chi connectivity index (χ4v) is 2.94. The number of nitrogens with zero attached hydrogens (tertiary/aromatic N) is 3. The van der Waals surface area contributed by atoms with Gasteiger partial charge in [0.25, 0.3) is 0 Å². The van der Waals surface area contributed by atoms with Crippen LogP contribution in [-0.4, -0.2) is 37.0 Å². The average Bonchev–Trinajstić information content (AvgIpc) is 3.18. The molecule has 28 heavy (non-hydrogen) atoms. The zero-order chi connectivity index (χ0) is 19.9. The van der Waals surface area contributed by atoms with Crippen molar-refractivity contribution in [2.75, 3.05) is 21.2 Å². The molecule has 0 radical (unpaired) electrons. The Balaban J connectivity index is 1.62. The molecule has 3 aromatic rings. The average molecular weight is 378 g/mol. The molecule has 0 aliphatic carbocycles. The molecule has 1 aromatic heterocycles.